The van der Waals surface area contributed by atoms with E-state index in [1.165, 1.54) is 23.3 Å². The Hall–Kier alpha value is -2.24. The van der Waals surface area contributed by atoms with Gasteiger partial charge in [-0.05, 0) is 42.2 Å². The summed E-state index contributed by atoms with van der Waals surface area (Å²) in [7, 11) is 1.56. The molecule has 2 heterocycles. The molecule has 29 heavy (non-hydrogen) atoms. The van der Waals surface area contributed by atoms with Crippen LogP contribution in [0.15, 0.2) is 48.5 Å². The molecule has 0 saturated carbocycles. The minimum absolute atomic E-state index is 0.0551. The maximum atomic E-state index is 13.5. The predicted molar refractivity (Wildman–Crippen MR) is 111 cm³/mol. The van der Waals surface area contributed by atoms with Gasteiger partial charge in [0.25, 0.3) is 0 Å². The summed E-state index contributed by atoms with van der Waals surface area (Å²) in [4.78, 5) is 17.2. The van der Waals surface area contributed by atoms with Crippen molar-refractivity contribution < 1.29 is 13.9 Å². The van der Waals surface area contributed by atoms with Crippen molar-refractivity contribution in [2.75, 3.05) is 33.4 Å². The van der Waals surface area contributed by atoms with Crippen LogP contribution >= 0.6 is 0 Å². The molecule has 0 N–H and O–H groups in total. The average Bonchev–Trinajstić information content (AvgIpc) is 3.09. The zero-order valence-electron chi connectivity index (χ0n) is 17.2. The van der Waals surface area contributed by atoms with Gasteiger partial charge in [0.1, 0.15) is 12.4 Å². The van der Waals surface area contributed by atoms with Crippen LogP contribution in [0.3, 0.4) is 0 Å². The Bertz CT molecular complexity index is 854. The van der Waals surface area contributed by atoms with Crippen LogP contribution in [-0.2, 0) is 16.1 Å². The van der Waals surface area contributed by atoms with Crippen LogP contribution < -0.4 is 0 Å². The number of nitrogens with zero attached hydrogens (tertiary/aromatic N) is 2. The van der Waals surface area contributed by atoms with E-state index in [9.17, 15) is 9.18 Å². The van der Waals surface area contributed by atoms with E-state index in [-0.39, 0.29) is 30.3 Å². The highest BCUT2D eigenvalue weighted by Crippen LogP contribution is 2.42. The van der Waals surface area contributed by atoms with Gasteiger partial charge in [-0.15, -0.1) is 0 Å². The number of amides is 1. The van der Waals surface area contributed by atoms with E-state index in [1.54, 1.807) is 7.11 Å². The molecule has 2 aliphatic rings. The summed E-state index contributed by atoms with van der Waals surface area (Å²) < 4.78 is 18.6. The van der Waals surface area contributed by atoms with Crippen molar-refractivity contribution in [3.8, 4) is 0 Å². The summed E-state index contributed by atoms with van der Waals surface area (Å²) in [5.41, 5.74) is 3.79. The third-order valence-electron chi connectivity index (χ3n) is 6.56. The molecule has 4 rings (SSSR count). The summed E-state index contributed by atoms with van der Waals surface area (Å²) in [6, 6.07) is 15.6. The van der Waals surface area contributed by atoms with Gasteiger partial charge in [0.15, 0.2) is 0 Å². The summed E-state index contributed by atoms with van der Waals surface area (Å²) in [5, 5.41) is 0. The molecule has 2 aromatic carbocycles. The number of ether oxygens (including phenoxy) is 1. The number of likely N-dealkylation sites (tertiary alicyclic amines) is 2. The van der Waals surface area contributed by atoms with Crippen molar-refractivity contribution >= 4 is 5.91 Å². The third kappa shape index (κ3) is 4.21. The van der Waals surface area contributed by atoms with Gasteiger partial charge in [0.2, 0.25) is 5.91 Å². The first-order valence-electron chi connectivity index (χ1n) is 10.4. The molecule has 0 unspecified atom stereocenters. The Morgan fingerprint density at radius 1 is 1.14 bits per heavy atom. The molecule has 0 aliphatic carbocycles. The lowest BCUT2D eigenvalue weighted by atomic mass is 9.81. The van der Waals surface area contributed by atoms with E-state index in [0.717, 1.165) is 31.6 Å². The van der Waals surface area contributed by atoms with Gasteiger partial charge >= 0.3 is 0 Å². The first kappa shape index (κ1) is 20.0. The molecule has 154 valence electrons. The van der Waals surface area contributed by atoms with Gasteiger partial charge in [0.05, 0.1) is 0 Å². The number of carbonyl (C=O) groups excluding carboxylic acids is 1. The van der Waals surface area contributed by atoms with Crippen molar-refractivity contribution in [1.82, 2.24) is 9.80 Å². The van der Waals surface area contributed by atoms with Gasteiger partial charge in [-0.25, -0.2) is 4.39 Å². The third-order valence-corrected chi connectivity index (χ3v) is 6.56. The van der Waals surface area contributed by atoms with Crippen molar-refractivity contribution in [3.05, 3.63) is 71.0 Å². The number of hydrogen-bond acceptors (Lipinski definition) is 3. The van der Waals surface area contributed by atoms with Crippen LogP contribution in [0, 0.1) is 18.7 Å². The second kappa shape index (κ2) is 8.64. The molecule has 2 aliphatic heterocycles. The number of halogens is 1. The van der Waals surface area contributed by atoms with Gasteiger partial charge in [-0.2, -0.15) is 0 Å². The van der Waals surface area contributed by atoms with Gasteiger partial charge in [0, 0.05) is 51.2 Å². The lowest BCUT2D eigenvalue weighted by Gasteiger charge is -2.39. The fourth-order valence-corrected chi connectivity index (χ4v) is 5.03. The topological polar surface area (TPSA) is 32.8 Å². The number of benzene rings is 2. The van der Waals surface area contributed by atoms with E-state index < -0.39 is 0 Å². The Labute approximate surface area is 172 Å². The molecule has 4 nitrogen and oxygen atoms in total. The van der Waals surface area contributed by atoms with Crippen LogP contribution in [0.4, 0.5) is 4.39 Å². The molecule has 5 heteroatoms. The Morgan fingerprint density at radius 2 is 1.90 bits per heavy atom. The maximum absolute atomic E-state index is 13.5. The number of fused-ring (bicyclic) bond motifs is 1. The molecule has 2 saturated heterocycles. The highest BCUT2D eigenvalue weighted by molar-refractivity contribution is 5.78. The second-order valence-electron chi connectivity index (χ2n) is 8.32. The second-order valence-corrected chi connectivity index (χ2v) is 8.32. The molecule has 1 amide bonds. The number of aryl methyl sites for hydroxylation is 1. The van der Waals surface area contributed by atoms with Crippen LogP contribution in [0.25, 0.3) is 0 Å². The molecular weight excluding hydrogens is 367 g/mol. The molecule has 2 aromatic rings. The smallest absolute Gasteiger partial charge is 0.248 e. The normalized spacial score (nSPS) is 24.5. The monoisotopic (exact) mass is 396 g/mol. The Balaban J connectivity index is 1.56. The molecule has 3 atom stereocenters. The fourth-order valence-electron chi connectivity index (χ4n) is 5.03. The first-order valence-corrected chi connectivity index (χ1v) is 10.4. The molecule has 0 aromatic heterocycles. The number of piperidine rings is 1. The molecule has 0 radical (unpaired) electrons. The summed E-state index contributed by atoms with van der Waals surface area (Å²) in [6.07, 6.45) is 0.962. The predicted octanol–water partition coefficient (Wildman–Crippen LogP) is 3.60. The summed E-state index contributed by atoms with van der Waals surface area (Å²) >= 11 is 0. The van der Waals surface area contributed by atoms with Gasteiger partial charge < -0.3 is 9.64 Å². The lowest BCUT2D eigenvalue weighted by molar-refractivity contribution is -0.137. The Morgan fingerprint density at radius 3 is 2.62 bits per heavy atom. The zero-order chi connectivity index (χ0) is 20.4. The highest BCUT2D eigenvalue weighted by atomic mass is 19.1. The summed E-state index contributed by atoms with van der Waals surface area (Å²) in [6.45, 7) is 5.80. The van der Waals surface area contributed by atoms with E-state index in [0.29, 0.717) is 12.5 Å². The first-order chi connectivity index (χ1) is 14.1. The SMILES string of the molecule is COCC(=O)N1C[C@H](c2ccc(F)cc2)[C@H]2CN(Cc3ccccc3C)CC[C@H]21. The van der Waals surface area contributed by atoms with Crippen molar-refractivity contribution in [3.63, 3.8) is 0 Å². The molecule has 0 bridgehead atoms. The molecular formula is C24H29FN2O2. The van der Waals surface area contributed by atoms with E-state index in [1.807, 2.05) is 17.0 Å². The van der Waals surface area contributed by atoms with Crippen molar-refractivity contribution in [2.45, 2.75) is 31.8 Å². The minimum atomic E-state index is -0.222. The van der Waals surface area contributed by atoms with Crippen LogP contribution in [0.5, 0.6) is 0 Å². The number of carbonyl (C=O) groups is 1. The van der Waals surface area contributed by atoms with Gasteiger partial charge in [-0.1, -0.05) is 36.4 Å². The summed E-state index contributed by atoms with van der Waals surface area (Å²) in [5.74, 6) is 0.403. The number of methoxy groups -OCH3 is 1. The van der Waals surface area contributed by atoms with E-state index >= 15 is 0 Å². The fraction of sp³-hybridized carbons (Fsp3) is 0.458. The average molecular weight is 397 g/mol. The number of hydrogen-bond donors (Lipinski definition) is 0. The van der Waals surface area contributed by atoms with Crippen molar-refractivity contribution in [2.24, 2.45) is 5.92 Å². The largest absolute Gasteiger partial charge is 0.375 e. The van der Waals surface area contributed by atoms with Crippen molar-refractivity contribution in [1.29, 1.82) is 0 Å². The lowest BCUT2D eigenvalue weighted by Crippen LogP contribution is -2.48. The van der Waals surface area contributed by atoms with Gasteiger partial charge in [-0.3, -0.25) is 9.69 Å². The molecule has 0 spiro atoms. The van der Waals surface area contributed by atoms with E-state index in [4.69, 9.17) is 4.74 Å². The highest BCUT2D eigenvalue weighted by Gasteiger charge is 2.46. The van der Waals surface area contributed by atoms with Crippen LogP contribution in [0.1, 0.15) is 29.0 Å². The van der Waals surface area contributed by atoms with E-state index in [2.05, 4.69) is 36.1 Å². The number of rotatable bonds is 5. The quantitative estimate of drug-likeness (QED) is 0.774. The zero-order valence-corrected chi connectivity index (χ0v) is 17.2. The van der Waals surface area contributed by atoms with Crippen LogP contribution in [0.2, 0.25) is 0 Å². The minimum Gasteiger partial charge on any atom is -0.375 e. The Kier molecular flexibility index (Phi) is 5.97. The van der Waals surface area contributed by atoms with Crippen LogP contribution in [-0.4, -0.2) is 55.1 Å². The maximum Gasteiger partial charge on any atom is 0.248 e. The molecule has 2 fully saturated rings. The standard InChI is InChI=1S/C24H29FN2O2/c1-17-5-3-4-6-19(17)13-26-12-11-23-22(14-26)21(15-27(23)24(28)16-29-2)18-7-9-20(25)10-8-18/h3-10,21-23H,11-16H2,1-2H3/t21-,22-,23-/m1/s1.